The Hall–Kier alpha value is -3.15. The number of hydrogen-bond donors (Lipinski definition) is 3. The van der Waals surface area contributed by atoms with Crippen LogP contribution in [0.15, 0.2) is 66.9 Å². The van der Waals surface area contributed by atoms with Crippen molar-refractivity contribution >= 4 is 33.9 Å². The molecule has 30 heavy (non-hydrogen) atoms. The number of nitrogens with zero attached hydrogens (tertiary/aromatic N) is 1. The molecule has 150 valence electrons. The fraction of sp³-hybridized carbons (Fsp3) is 0.125. The Kier molecular flexibility index (Phi) is 4.99. The van der Waals surface area contributed by atoms with Gasteiger partial charge in [0.1, 0.15) is 11.5 Å². The van der Waals surface area contributed by atoms with E-state index >= 15 is 0 Å². The molecule has 0 atom stereocenters. The van der Waals surface area contributed by atoms with Crippen molar-refractivity contribution in [2.75, 3.05) is 18.4 Å². The van der Waals surface area contributed by atoms with Gasteiger partial charge in [0, 0.05) is 53.2 Å². The molecule has 4 nitrogen and oxygen atoms in total. The Labute approximate surface area is 178 Å². The van der Waals surface area contributed by atoms with Crippen molar-refractivity contribution in [2.45, 2.75) is 6.54 Å². The monoisotopic (exact) mass is 418 g/mol. The van der Waals surface area contributed by atoms with Crippen LogP contribution in [0, 0.1) is 5.82 Å². The fourth-order valence-electron chi connectivity index (χ4n) is 3.81. The highest BCUT2D eigenvalue weighted by Crippen LogP contribution is 2.36. The van der Waals surface area contributed by atoms with E-state index in [9.17, 15) is 4.39 Å². The predicted octanol–water partition coefficient (Wildman–Crippen LogP) is 5.62. The molecule has 0 fully saturated rings. The zero-order chi connectivity index (χ0) is 20.5. The third kappa shape index (κ3) is 3.70. The van der Waals surface area contributed by atoms with Crippen LogP contribution in [-0.4, -0.2) is 23.1 Å². The van der Waals surface area contributed by atoms with Crippen LogP contribution in [0.3, 0.4) is 0 Å². The molecule has 4 aromatic rings. The number of aromatic nitrogens is 2. The number of halogens is 2. The summed E-state index contributed by atoms with van der Waals surface area (Å²) in [6, 6.07) is 16.6. The first-order chi connectivity index (χ1) is 14.7. The molecule has 5 rings (SSSR count). The summed E-state index contributed by atoms with van der Waals surface area (Å²) in [4.78, 5) is 7.92. The van der Waals surface area contributed by atoms with Crippen LogP contribution in [0.4, 0.5) is 10.1 Å². The van der Waals surface area contributed by atoms with Gasteiger partial charge in [0.05, 0.1) is 0 Å². The summed E-state index contributed by atoms with van der Waals surface area (Å²) in [6.45, 7) is 2.26. The topological polar surface area (TPSA) is 52.7 Å². The van der Waals surface area contributed by atoms with Gasteiger partial charge in [0.2, 0.25) is 0 Å². The lowest BCUT2D eigenvalue weighted by Gasteiger charge is -2.11. The highest BCUT2D eigenvalue weighted by atomic mass is 35.5. The van der Waals surface area contributed by atoms with E-state index < -0.39 is 0 Å². The minimum Gasteiger partial charge on any atom is -0.381 e. The number of benzene rings is 2. The number of H-pyrrole nitrogens is 1. The highest BCUT2D eigenvalue weighted by molar-refractivity contribution is 6.33. The van der Waals surface area contributed by atoms with Gasteiger partial charge in [-0.3, -0.25) is 0 Å². The maximum Gasteiger partial charge on any atom is 0.138 e. The van der Waals surface area contributed by atoms with Gasteiger partial charge in [0.15, 0.2) is 0 Å². The maximum atomic E-state index is 13.4. The molecular weight excluding hydrogens is 399 g/mol. The lowest BCUT2D eigenvalue weighted by atomic mass is 10.0. The van der Waals surface area contributed by atoms with Crippen LogP contribution in [0.25, 0.3) is 27.7 Å². The van der Waals surface area contributed by atoms with E-state index in [4.69, 9.17) is 11.6 Å². The number of anilines is 1. The zero-order valence-electron chi connectivity index (χ0n) is 16.2. The Morgan fingerprint density at radius 3 is 2.83 bits per heavy atom. The normalized spacial score (nSPS) is 13.6. The van der Waals surface area contributed by atoms with Crippen molar-refractivity contribution in [3.63, 3.8) is 0 Å². The summed E-state index contributed by atoms with van der Waals surface area (Å²) < 4.78 is 13.4. The van der Waals surface area contributed by atoms with Crippen LogP contribution in [-0.2, 0) is 6.54 Å². The molecule has 0 spiro atoms. The number of hydrogen-bond acceptors (Lipinski definition) is 3. The largest absolute Gasteiger partial charge is 0.381 e. The Morgan fingerprint density at radius 1 is 1.07 bits per heavy atom. The molecule has 0 unspecified atom stereocenters. The van der Waals surface area contributed by atoms with Gasteiger partial charge >= 0.3 is 0 Å². The molecule has 0 saturated carbocycles. The molecule has 1 aliphatic heterocycles. The van der Waals surface area contributed by atoms with Gasteiger partial charge in [-0.1, -0.05) is 29.8 Å². The van der Waals surface area contributed by atoms with E-state index in [-0.39, 0.29) is 5.82 Å². The predicted molar refractivity (Wildman–Crippen MR) is 121 cm³/mol. The number of aromatic amines is 1. The number of rotatable bonds is 5. The van der Waals surface area contributed by atoms with Gasteiger partial charge in [-0.15, -0.1) is 0 Å². The van der Waals surface area contributed by atoms with Crippen molar-refractivity contribution in [1.29, 1.82) is 0 Å². The molecule has 0 saturated heterocycles. The first-order valence-corrected chi connectivity index (χ1v) is 10.2. The zero-order valence-corrected chi connectivity index (χ0v) is 16.9. The Balaban J connectivity index is 1.49. The Morgan fingerprint density at radius 2 is 2.00 bits per heavy atom. The molecule has 1 aliphatic rings. The molecule has 0 radical (unpaired) electrons. The van der Waals surface area contributed by atoms with Crippen LogP contribution < -0.4 is 10.6 Å². The summed E-state index contributed by atoms with van der Waals surface area (Å²) in [5.74, 6) is -0.235. The third-order valence-corrected chi connectivity index (χ3v) is 5.66. The smallest absolute Gasteiger partial charge is 0.138 e. The molecule has 2 aromatic carbocycles. The molecule has 0 bridgehead atoms. The van der Waals surface area contributed by atoms with Crippen molar-refractivity contribution in [3.05, 3.63) is 89.0 Å². The summed E-state index contributed by atoms with van der Waals surface area (Å²) >= 11 is 6.57. The average Bonchev–Trinajstić information content (AvgIpc) is 3.43. The van der Waals surface area contributed by atoms with E-state index in [1.165, 1.54) is 17.7 Å². The first-order valence-electron chi connectivity index (χ1n) is 9.83. The molecule has 3 heterocycles. The molecule has 0 aliphatic carbocycles. The number of nitrogens with one attached hydrogen (secondary N) is 3. The van der Waals surface area contributed by atoms with E-state index in [1.54, 1.807) is 12.3 Å². The standard InChI is InChI=1S/C24H20ClFN4/c25-22-5-4-18(29-13-15-2-1-3-17(26)10-15)11-20(22)19-7-9-28-24-21(19)12-23(30-24)16-6-8-27-14-16/h1-7,9-12,27,29H,8,13-14H2,(H,28,30). The lowest BCUT2D eigenvalue weighted by molar-refractivity contribution is 0.626. The number of fused-ring (bicyclic) bond motifs is 1. The van der Waals surface area contributed by atoms with Crippen molar-refractivity contribution in [1.82, 2.24) is 15.3 Å². The minimum atomic E-state index is -0.235. The van der Waals surface area contributed by atoms with Crippen LogP contribution >= 0.6 is 11.6 Å². The minimum absolute atomic E-state index is 0.235. The van der Waals surface area contributed by atoms with Crippen molar-refractivity contribution in [2.24, 2.45) is 0 Å². The summed E-state index contributed by atoms with van der Waals surface area (Å²) in [7, 11) is 0. The fourth-order valence-corrected chi connectivity index (χ4v) is 4.03. The van der Waals surface area contributed by atoms with E-state index in [1.807, 2.05) is 30.3 Å². The maximum absolute atomic E-state index is 13.4. The van der Waals surface area contributed by atoms with Gasteiger partial charge < -0.3 is 15.6 Å². The summed E-state index contributed by atoms with van der Waals surface area (Å²) in [5, 5.41) is 8.38. The molecular formula is C24H20ClFN4. The van der Waals surface area contributed by atoms with Crippen molar-refractivity contribution < 1.29 is 4.39 Å². The molecule has 2 aromatic heterocycles. The molecule has 3 N–H and O–H groups in total. The van der Waals surface area contributed by atoms with Gasteiger partial charge in [-0.25, -0.2) is 9.37 Å². The van der Waals surface area contributed by atoms with Crippen LogP contribution in [0.2, 0.25) is 5.02 Å². The first kappa shape index (κ1) is 18.9. The van der Waals surface area contributed by atoms with Crippen LogP contribution in [0.5, 0.6) is 0 Å². The van der Waals surface area contributed by atoms with E-state index in [0.29, 0.717) is 11.6 Å². The second kappa shape index (κ2) is 7.94. The average molecular weight is 419 g/mol. The Bertz CT molecular complexity index is 1260. The van der Waals surface area contributed by atoms with E-state index in [2.05, 4.69) is 32.7 Å². The van der Waals surface area contributed by atoms with Gasteiger partial charge in [-0.2, -0.15) is 0 Å². The second-order valence-corrected chi connectivity index (χ2v) is 7.75. The highest BCUT2D eigenvalue weighted by Gasteiger charge is 2.15. The second-order valence-electron chi connectivity index (χ2n) is 7.34. The van der Waals surface area contributed by atoms with Gasteiger partial charge in [-0.05, 0) is 59.2 Å². The lowest BCUT2D eigenvalue weighted by Crippen LogP contribution is -2.07. The molecule has 0 amide bonds. The summed E-state index contributed by atoms with van der Waals surface area (Å²) in [6.07, 6.45) is 3.98. The third-order valence-electron chi connectivity index (χ3n) is 5.33. The van der Waals surface area contributed by atoms with Gasteiger partial charge in [0.25, 0.3) is 0 Å². The van der Waals surface area contributed by atoms with E-state index in [0.717, 1.165) is 52.2 Å². The SMILES string of the molecule is Fc1cccc(CNc2ccc(Cl)c(-c3ccnc4[nH]c(C5=CCNC5)cc34)c2)c1. The van der Waals surface area contributed by atoms with Crippen molar-refractivity contribution in [3.8, 4) is 11.1 Å². The molecule has 6 heteroatoms. The number of pyridine rings is 1. The summed E-state index contributed by atoms with van der Waals surface area (Å²) in [5.41, 5.74) is 6.91. The van der Waals surface area contributed by atoms with Crippen LogP contribution in [0.1, 0.15) is 11.3 Å². The quantitative estimate of drug-likeness (QED) is 0.394.